The third kappa shape index (κ3) is 4.65. The number of ketones is 1. The minimum Gasteiger partial charge on any atom is -0.329 e. The van der Waals surface area contributed by atoms with Crippen LogP contribution in [0.1, 0.15) is 17.3 Å². The fraction of sp³-hybridized carbons (Fsp3) is 0.385. The number of nitrogens with zero attached hydrogens (tertiary/aromatic N) is 1. The average Bonchev–Trinajstić information content (AvgIpc) is 2.29. The topological polar surface area (TPSA) is 75.4 Å². The standard InChI is InChI=1S/C13H19N3O2/c1-10(17)11-4-3-5-12(8-11)15-13(18)9-16(2)7-6-14/h3-5,8H,6-7,9,14H2,1-2H3,(H,15,18). The summed E-state index contributed by atoms with van der Waals surface area (Å²) in [5.74, 6) is -0.141. The predicted octanol–water partition coefficient (Wildman–Crippen LogP) is 0.718. The van der Waals surface area contributed by atoms with Crippen LogP contribution in [0.2, 0.25) is 0 Å². The molecule has 0 unspecified atom stereocenters. The van der Waals surface area contributed by atoms with Gasteiger partial charge in [0.05, 0.1) is 6.54 Å². The number of likely N-dealkylation sites (N-methyl/N-ethyl adjacent to an activating group) is 1. The molecule has 0 heterocycles. The van der Waals surface area contributed by atoms with E-state index in [2.05, 4.69) is 5.32 Å². The molecule has 1 rings (SSSR count). The summed E-state index contributed by atoms with van der Waals surface area (Å²) in [5.41, 5.74) is 6.62. The second kappa shape index (κ2) is 6.88. The van der Waals surface area contributed by atoms with Crippen LogP contribution in [0.25, 0.3) is 0 Å². The van der Waals surface area contributed by atoms with Gasteiger partial charge in [-0.2, -0.15) is 0 Å². The van der Waals surface area contributed by atoms with Gasteiger partial charge in [0.2, 0.25) is 5.91 Å². The van der Waals surface area contributed by atoms with Crippen molar-refractivity contribution in [1.82, 2.24) is 4.90 Å². The lowest BCUT2D eigenvalue weighted by molar-refractivity contribution is -0.117. The van der Waals surface area contributed by atoms with Crippen molar-refractivity contribution >= 4 is 17.4 Å². The van der Waals surface area contributed by atoms with Gasteiger partial charge < -0.3 is 11.1 Å². The maximum atomic E-state index is 11.7. The molecule has 98 valence electrons. The highest BCUT2D eigenvalue weighted by Gasteiger charge is 2.07. The Balaban J connectivity index is 2.59. The van der Waals surface area contributed by atoms with E-state index in [0.717, 1.165) is 0 Å². The van der Waals surface area contributed by atoms with Crippen molar-refractivity contribution in [2.75, 3.05) is 32.0 Å². The minimum absolute atomic E-state index is 0.0219. The minimum atomic E-state index is -0.119. The number of nitrogens with two attached hydrogens (primary N) is 1. The van der Waals surface area contributed by atoms with Crippen molar-refractivity contribution < 1.29 is 9.59 Å². The molecule has 0 bridgehead atoms. The fourth-order valence-electron chi connectivity index (χ4n) is 1.56. The van der Waals surface area contributed by atoms with Crippen molar-refractivity contribution in [3.8, 4) is 0 Å². The maximum Gasteiger partial charge on any atom is 0.238 e. The molecule has 18 heavy (non-hydrogen) atoms. The first-order valence-corrected chi connectivity index (χ1v) is 5.82. The molecule has 0 radical (unpaired) electrons. The second-order valence-electron chi connectivity index (χ2n) is 4.21. The summed E-state index contributed by atoms with van der Waals surface area (Å²) in [6.45, 7) is 2.96. The lowest BCUT2D eigenvalue weighted by atomic mass is 10.1. The average molecular weight is 249 g/mol. The normalized spacial score (nSPS) is 10.4. The highest BCUT2D eigenvalue weighted by atomic mass is 16.2. The molecule has 0 spiro atoms. The highest BCUT2D eigenvalue weighted by molar-refractivity contribution is 5.97. The molecule has 0 aliphatic rings. The Kier molecular flexibility index (Phi) is 5.48. The summed E-state index contributed by atoms with van der Waals surface area (Å²) in [6, 6.07) is 6.89. The molecule has 1 aromatic carbocycles. The van der Waals surface area contributed by atoms with E-state index in [0.29, 0.717) is 24.3 Å². The molecule has 1 amide bonds. The van der Waals surface area contributed by atoms with Gasteiger partial charge in [-0.15, -0.1) is 0 Å². The third-order valence-electron chi connectivity index (χ3n) is 2.48. The summed E-state index contributed by atoms with van der Waals surface area (Å²) in [7, 11) is 1.83. The summed E-state index contributed by atoms with van der Waals surface area (Å²) in [5, 5.41) is 2.75. The predicted molar refractivity (Wildman–Crippen MR) is 71.6 cm³/mol. The van der Waals surface area contributed by atoms with Gasteiger partial charge in [0.15, 0.2) is 5.78 Å². The molecule has 3 N–H and O–H groups in total. The Labute approximate surface area is 107 Å². The number of anilines is 1. The molecular formula is C13H19N3O2. The Morgan fingerprint density at radius 3 is 2.72 bits per heavy atom. The zero-order chi connectivity index (χ0) is 13.5. The van der Waals surface area contributed by atoms with Gasteiger partial charge in [-0.05, 0) is 26.1 Å². The van der Waals surface area contributed by atoms with E-state index >= 15 is 0 Å². The molecule has 0 aromatic heterocycles. The summed E-state index contributed by atoms with van der Waals surface area (Å²) < 4.78 is 0. The molecule has 0 aliphatic heterocycles. The van der Waals surface area contributed by atoms with Crippen LogP contribution in [-0.4, -0.2) is 43.3 Å². The van der Waals surface area contributed by atoms with Gasteiger partial charge in [0.1, 0.15) is 0 Å². The van der Waals surface area contributed by atoms with Crippen molar-refractivity contribution in [1.29, 1.82) is 0 Å². The first-order chi connectivity index (χ1) is 8.52. The SMILES string of the molecule is CC(=O)c1cccc(NC(=O)CN(C)CCN)c1. The Morgan fingerprint density at radius 1 is 1.39 bits per heavy atom. The zero-order valence-corrected chi connectivity index (χ0v) is 10.8. The van der Waals surface area contributed by atoms with Crippen molar-refractivity contribution in [3.63, 3.8) is 0 Å². The number of benzene rings is 1. The van der Waals surface area contributed by atoms with Gasteiger partial charge in [0, 0.05) is 24.3 Å². The Hall–Kier alpha value is -1.72. The van der Waals surface area contributed by atoms with Gasteiger partial charge in [-0.25, -0.2) is 0 Å². The van der Waals surface area contributed by atoms with Crippen molar-refractivity contribution in [2.45, 2.75) is 6.92 Å². The largest absolute Gasteiger partial charge is 0.329 e. The van der Waals surface area contributed by atoms with Gasteiger partial charge in [0.25, 0.3) is 0 Å². The van der Waals surface area contributed by atoms with E-state index in [4.69, 9.17) is 5.73 Å². The van der Waals surface area contributed by atoms with E-state index in [1.807, 2.05) is 11.9 Å². The lowest BCUT2D eigenvalue weighted by Crippen LogP contribution is -2.33. The smallest absolute Gasteiger partial charge is 0.238 e. The van der Waals surface area contributed by atoms with E-state index < -0.39 is 0 Å². The van der Waals surface area contributed by atoms with Crippen LogP contribution in [0.15, 0.2) is 24.3 Å². The number of carbonyl (C=O) groups is 2. The second-order valence-corrected chi connectivity index (χ2v) is 4.21. The van der Waals surface area contributed by atoms with Crippen LogP contribution in [0.3, 0.4) is 0 Å². The first-order valence-electron chi connectivity index (χ1n) is 5.82. The molecule has 5 nitrogen and oxygen atoms in total. The van der Waals surface area contributed by atoms with Gasteiger partial charge in [-0.1, -0.05) is 12.1 Å². The number of carbonyl (C=O) groups excluding carboxylic acids is 2. The van der Waals surface area contributed by atoms with Gasteiger partial charge in [-0.3, -0.25) is 14.5 Å². The monoisotopic (exact) mass is 249 g/mol. The highest BCUT2D eigenvalue weighted by Crippen LogP contribution is 2.11. The molecule has 0 saturated heterocycles. The zero-order valence-electron chi connectivity index (χ0n) is 10.8. The number of hydrogen-bond acceptors (Lipinski definition) is 4. The van der Waals surface area contributed by atoms with Crippen molar-refractivity contribution in [2.24, 2.45) is 5.73 Å². The van der Waals surface area contributed by atoms with Crippen LogP contribution < -0.4 is 11.1 Å². The van der Waals surface area contributed by atoms with E-state index in [9.17, 15) is 9.59 Å². The summed E-state index contributed by atoms with van der Waals surface area (Å²) >= 11 is 0. The Morgan fingerprint density at radius 2 is 2.11 bits per heavy atom. The quantitative estimate of drug-likeness (QED) is 0.728. The Bertz CT molecular complexity index is 432. The molecule has 1 aromatic rings. The van der Waals surface area contributed by atoms with Gasteiger partial charge >= 0.3 is 0 Å². The number of amides is 1. The lowest BCUT2D eigenvalue weighted by Gasteiger charge is -2.15. The number of nitrogens with one attached hydrogen (secondary N) is 1. The fourth-order valence-corrected chi connectivity index (χ4v) is 1.56. The summed E-state index contributed by atoms with van der Waals surface area (Å²) in [6.07, 6.45) is 0. The van der Waals surface area contributed by atoms with Crippen LogP contribution in [0.5, 0.6) is 0 Å². The number of Topliss-reactive ketones (excluding diaryl/α,β-unsaturated/α-hetero) is 1. The molecule has 5 heteroatoms. The number of hydrogen-bond donors (Lipinski definition) is 2. The summed E-state index contributed by atoms with van der Waals surface area (Å²) in [4.78, 5) is 24.7. The maximum absolute atomic E-state index is 11.7. The van der Waals surface area contributed by atoms with E-state index in [1.54, 1.807) is 24.3 Å². The van der Waals surface area contributed by atoms with E-state index in [-0.39, 0.29) is 18.2 Å². The number of rotatable bonds is 6. The van der Waals surface area contributed by atoms with Crippen LogP contribution in [0.4, 0.5) is 5.69 Å². The first kappa shape index (κ1) is 14.3. The third-order valence-corrected chi connectivity index (χ3v) is 2.48. The molecular weight excluding hydrogens is 230 g/mol. The van der Waals surface area contributed by atoms with Crippen LogP contribution in [0, 0.1) is 0 Å². The van der Waals surface area contributed by atoms with Crippen LogP contribution >= 0.6 is 0 Å². The molecule has 0 saturated carbocycles. The molecule has 0 aliphatic carbocycles. The molecule has 0 fully saturated rings. The van der Waals surface area contributed by atoms with Crippen molar-refractivity contribution in [3.05, 3.63) is 29.8 Å². The van der Waals surface area contributed by atoms with Crippen LogP contribution in [-0.2, 0) is 4.79 Å². The van der Waals surface area contributed by atoms with E-state index in [1.165, 1.54) is 6.92 Å². The molecule has 0 atom stereocenters.